The third-order valence-electron chi connectivity index (χ3n) is 2.67. The van der Waals surface area contributed by atoms with Gasteiger partial charge in [-0.3, -0.25) is 4.68 Å². The summed E-state index contributed by atoms with van der Waals surface area (Å²) < 4.78 is 2.06. The van der Waals surface area contributed by atoms with Crippen LogP contribution in [0.4, 0.5) is 0 Å². The topological polar surface area (TPSA) is 43.8 Å². The number of hydrogen-bond acceptors (Lipinski definition) is 3. The second kappa shape index (κ2) is 6.97. The average Bonchev–Trinajstić information content (AvgIpc) is 2.71. The maximum atomic E-state index is 5.70. The standard InChI is InChI=1S/C12H23N3S/c1-4-11(3)15-7-5-12(14-15)9-16-8-6-10(2)13/h5,7,10-11H,4,6,8-9,13H2,1-3H3. The molecule has 3 nitrogen and oxygen atoms in total. The number of nitrogens with two attached hydrogens (primary N) is 1. The summed E-state index contributed by atoms with van der Waals surface area (Å²) in [6.45, 7) is 6.43. The Hall–Kier alpha value is -0.480. The summed E-state index contributed by atoms with van der Waals surface area (Å²) in [5.41, 5.74) is 6.88. The molecule has 1 rings (SSSR count). The third-order valence-corrected chi connectivity index (χ3v) is 3.70. The molecule has 1 aromatic rings. The summed E-state index contributed by atoms with van der Waals surface area (Å²) in [7, 11) is 0. The molecule has 92 valence electrons. The highest BCUT2D eigenvalue weighted by Crippen LogP contribution is 2.14. The fraction of sp³-hybridized carbons (Fsp3) is 0.750. The molecule has 0 radical (unpaired) electrons. The van der Waals surface area contributed by atoms with Gasteiger partial charge in [-0.2, -0.15) is 16.9 Å². The van der Waals surface area contributed by atoms with Crippen LogP contribution in [0.2, 0.25) is 0 Å². The van der Waals surface area contributed by atoms with Crippen molar-refractivity contribution in [3.8, 4) is 0 Å². The van der Waals surface area contributed by atoms with Gasteiger partial charge in [-0.15, -0.1) is 0 Å². The fourth-order valence-corrected chi connectivity index (χ4v) is 2.38. The molecule has 0 saturated carbocycles. The first-order chi connectivity index (χ1) is 7.63. The van der Waals surface area contributed by atoms with Gasteiger partial charge in [0.25, 0.3) is 0 Å². The van der Waals surface area contributed by atoms with E-state index in [2.05, 4.69) is 42.8 Å². The van der Waals surface area contributed by atoms with E-state index < -0.39 is 0 Å². The monoisotopic (exact) mass is 241 g/mol. The van der Waals surface area contributed by atoms with Gasteiger partial charge in [-0.05, 0) is 38.5 Å². The summed E-state index contributed by atoms with van der Waals surface area (Å²) in [4.78, 5) is 0. The zero-order valence-electron chi connectivity index (χ0n) is 10.5. The SMILES string of the molecule is CCC(C)n1ccc(CSCCC(C)N)n1. The van der Waals surface area contributed by atoms with Crippen LogP contribution in [-0.2, 0) is 5.75 Å². The van der Waals surface area contributed by atoms with Crippen molar-refractivity contribution in [2.45, 2.75) is 51.4 Å². The van der Waals surface area contributed by atoms with Crippen LogP contribution >= 0.6 is 11.8 Å². The van der Waals surface area contributed by atoms with Crippen LogP contribution in [0.1, 0.15) is 45.3 Å². The minimum atomic E-state index is 0.310. The maximum absolute atomic E-state index is 5.70. The molecule has 0 aliphatic heterocycles. The van der Waals surface area contributed by atoms with E-state index >= 15 is 0 Å². The lowest BCUT2D eigenvalue weighted by Crippen LogP contribution is -2.15. The Morgan fingerprint density at radius 2 is 2.25 bits per heavy atom. The number of hydrogen-bond donors (Lipinski definition) is 1. The molecule has 0 aliphatic rings. The van der Waals surface area contributed by atoms with Crippen molar-refractivity contribution in [2.75, 3.05) is 5.75 Å². The van der Waals surface area contributed by atoms with Crippen LogP contribution in [0.5, 0.6) is 0 Å². The normalized spacial score (nSPS) is 15.0. The summed E-state index contributed by atoms with van der Waals surface area (Å²) in [6.07, 6.45) is 4.28. The number of aromatic nitrogens is 2. The predicted octanol–water partition coefficient (Wildman–Crippen LogP) is 2.82. The van der Waals surface area contributed by atoms with Crippen molar-refractivity contribution in [1.82, 2.24) is 9.78 Å². The molecule has 0 saturated heterocycles. The van der Waals surface area contributed by atoms with Crippen molar-refractivity contribution in [1.29, 1.82) is 0 Å². The van der Waals surface area contributed by atoms with Gasteiger partial charge in [-0.1, -0.05) is 6.92 Å². The van der Waals surface area contributed by atoms with E-state index in [9.17, 15) is 0 Å². The van der Waals surface area contributed by atoms with Crippen LogP contribution in [0, 0.1) is 0 Å². The Balaban J connectivity index is 2.29. The highest BCUT2D eigenvalue weighted by Gasteiger charge is 2.04. The van der Waals surface area contributed by atoms with Crippen molar-refractivity contribution >= 4 is 11.8 Å². The quantitative estimate of drug-likeness (QED) is 0.747. The van der Waals surface area contributed by atoms with Crippen LogP contribution in [0.15, 0.2) is 12.3 Å². The van der Waals surface area contributed by atoms with E-state index in [1.807, 2.05) is 11.8 Å². The highest BCUT2D eigenvalue weighted by molar-refractivity contribution is 7.98. The molecule has 0 aliphatic carbocycles. The third kappa shape index (κ3) is 4.58. The first-order valence-electron chi connectivity index (χ1n) is 6.00. The van der Waals surface area contributed by atoms with Gasteiger partial charge in [0.2, 0.25) is 0 Å². The van der Waals surface area contributed by atoms with Gasteiger partial charge < -0.3 is 5.73 Å². The summed E-state index contributed by atoms with van der Waals surface area (Å²) in [6, 6.07) is 2.93. The summed E-state index contributed by atoms with van der Waals surface area (Å²) in [5.74, 6) is 2.12. The second-order valence-electron chi connectivity index (χ2n) is 4.36. The Morgan fingerprint density at radius 3 is 2.88 bits per heavy atom. The number of nitrogens with zero attached hydrogens (tertiary/aromatic N) is 2. The Morgan fingerprint density at radius 1 is 1.50 bits per heavy atom. The lowest BCUT2D eigenvalue weighted by atomic mass is 10.3. The molecule has 0 spiro atoms. The first kappa shape index (κ1) is 13.6. The molecule has 1 aromatic heterocycles. The Kier molecular flexibility index (Phi) is 5.91. The van der Waals surface area contributed by atoms with Crippen molar-refractivity contribution in [3.05, 3.63) is 18.0 Å². The molecule has 0 fully saturated rings. The highest BCUT2D eigenvalue weighted by atomic mass is 32.2. The molecule has 2 atom stereocenters. The molecule has 4 heteroatoms. The molecule has 0 bridgehead atoms. The summed E-state index contributed by atoms with van der Waals surface area (Å²) >= 11 is 1.91. The average molecular weight is 241 g/mol. The minimum Gasteiger partial charge on any atom is -0.328 e. The maximum Gasteiger partial charge on any atom is 0.0723 e. The van der Waals surface area contributed by atoms with Crippen LogP contribution in [-0.4, -0.2) is 21.6 Å². The molecular weight excluding hydrogens is 218 g/mol. The zero-order chi connectivity index (χ0) is 12.0. The zero-order valence-corrected chi connectivity index (χ0v) is 11.3. The van der Waals surface area contributed by atoms with E-state index in [4.69, 9.17) is 5.73 Å². The molecule has 16 heavy (non-hydrogen) atoms. The van der Waals surface area contributed by atoms with Crippen molar-refractivity contribution in [3.63, 3.8) is 0 Å². The lowest BCUT2D eigenvalue weighted by Gasteiger charge is -2.08. The number of rotatable bonds is 7. The molecule has 2 N–H and O–H groups in total. The van der Waals surface area contributed by atoms with Crippen molar-refractivity contribution < 1.29 is 0 Å². The molecule has 1 heterocycles. The Labute approximate surface area is 103 Å². The van der Waals surface area contributed by atoms with Crippen LogP contribution in [0.25, 0.3) is 0 Å². The van der Waals surface area contributed by atoms with Gasteiger partial charge in [0.05, 0.1) is 5.69 Å². The van der Waals surface area contributed by atoms with E-state index in [0.717, 1.165) is 24.3 Å². The number of thioether (sulfide) groups is 1. The van der Waals surface area contributed by atoms with Crippen LogP contribution in [0.3, 0.4) is 0 Å². The predicted molar refractivity (Wildman–Crippen MR) is 71.7 cm³/mol. The second-order valence-corrected chi connectivity index (χ2v) is 5.47. The fourth-order valence-electron chi connectivity index (χ4n) is 1.33. The smallest absolute Gasteiger partial charge is 0.0723 e. The van der Waals surface area contributed by atoms with E-state index in [-0.39, 0.29) is 0 Å². The lowest BCUT2D eigenvalue weighted by molar-refractivity contribution is 0.475. The van der Waals surface area contributed by atoms with Crippen LogP contribution < -0.4 is 5.73 Å². The van der Waals surface area contributed by atoms with Crippen molar-refractivity contribution in [2.24, 2.45) is 5.73 Å². The van der Waals surface area contributed by atoms with Gasteiger partial charge in [0, 0.05) is 24.0 Å². The summed E-state index contributed by atoms with van der Waals surface area (Å²) in [5, 5.41) is 4.56. The van der Waals surface area contributed by atoms with Gasteiger partial charge >= 0.3 is 0 Å². The molecule has 0 aromatic carbocycles. The van der Waals surface area contributed by atoms with E-state index in [1.165, 1.54) is 5.69 Å². The molecule has 0 amide bonds. The van der Waals surface area contributed by atoms with Gasteiger partial charge in [0.1, 0.15) is 0 Å². The van der Waals surface area contributed by atoms with Gasteiger partial charge in [-0.25, -0.2) is 0 Å². The Bertz CT molecular complexity index is 296. The first-order valence-corrected chi connectivity index (χ1v) is 7.16. The molecule has 2 unspecified atom stereocenters. The van der Waals surface area contributed by atoms with E-state index in [0.29, 0.717) is 12.1 Å². The van der Waals surface area contributed by atoms with E-state index in [1.54, 1.807) is 0 Å². The van der Waals surface area contributed by atoms with Gasteiger partial charge in [0.15, 0.2) is 0 Å². The molecular formula is C12H23N3S. The minimum absolute atomic E-state index is 0.310. The largest absolute Gasteiger partial charge is 0.328 e.